The first-order chi connectivity index (χ1) is 5.83. The topological polar surface area (TPSA) is 83.5 Å². The normalized spacial score (nSPS) is 11.9. The average Bonchev–Trinajstić information content (AvgIpc) is 1.81. The number of carboxylic acid groups (broad SMARTS) is 1. The summed E-state index contributed by atoms with van der Waals surface area (Å²) in [7, 11) is -3.29. The fourth-order valence-corrected chi connectivity index (χ4v) is 2.22. The number of rotatable bonds is 6. The average molecular weight is 209 g/mol. The van der Waals surface area contributed by atoms with Crippen LogP contribution in [0.1, 0.15) is 20.3 Å². The highest BCUT2D eigenvalue weighted by atomic mass is 32.2. The van der Waals surface area contributed by atoms with Crippen molar-refractivity contribution in [3.63, 3.8) is 0 Å². The Morgan fingerprint density at radius 2 is 2.00 bits per heavy atom. The van der Waals surface area contributed by atoms with Crippen LogP contribution in [0.15, 0.2) is 0 Å². The van der Waals surface area contributed by atoms with Crippen molar-refractivity contribution >= 4 is 16.0 Å². The largest absolute Gasteiger partial charge is 0.481 e. The zero-order valence-corrected chi connectivity index (χ0v) is 8.60. The van der Waals surface area contributed by atoms with Gasteiger partial charge in [-0.1, -0.05) is 13.8 Å². The van der Waals surface area contributed by atoms with Crippen molar-refractivity contribution in [2.75, 3.05) is 12.3 Å². The van der Waals surface area contributed by atoms with Crippen molar-refractivity contribution < 1.29 is 18.3 Å². The molecule has 0 saturated carbocycles. The van der Waals surface area contributed by atoms with Crippen molar-refractivity contribution in [1.29, 1.82) is 0 Å². The highest BCUT2D eigenvalue weighted by Crippen LogP contribution is 1.97. The molecule has 0 saturated heterocycles. The quantitative estimate of drug-likeness (QED) is 0.646. The minimum atomic E-state index is -3.29. The number of aliphatic carboxylic acids is 1. The fourth-order valence-electron chi connectivity index (χ4n) is 0.811. The summed E-state index contributed by atoms with van der Waals surface area (Å²) in [4.78, 5) is 10.1. The van der Waals surface area contributed by atoms with Crippen molar-refractivity contribution in [3.8, 4) is 0 Å². The zero-order chi connectivity index (χ0) is 10.5. The minimum absolute atomic E-state index is 0.0343. The number of nitrogens with one attached hydrogen (secondary N) is 1. The highest BCUT2D eigenvalue weighted by molar-refractivity contribution is 7.89. The number of sulfonamides is 1. The Morgan fingerprint density at radius 1 is 1.46 bits per heavy atom. The molecule has 0 atom stereocenters. The van der Waals surface area contributed by atoms with Gasteiger partial charge in [0.05, 0.1) is 12.2 Å². The third-order valence-electron chi connectivity index (χ3n) is 1.21. The van der Waals surface area contributed by atoms with Crippen LogP contribution in [-0.4, -0.2) is 31.8 Å². The van der Waals surface area contributed by atoms with Crippen LogP contribution < -0.4 is 4.72 Å². The number of carboxylic acids is 1. The predicted molar refractivity (Wildman–Crippen MR) is 48.9 cm³/mol. The summed E-state index contributed by atoms with van der Waals surface area (Å²) in [5.74, 6) is -0.929. The summed E-state index contributed by atoms with van der Waals surface area (Å²) >= 11 is 0. The van der Waals surface area contributed by atoms with Crippen LogP contribution in [0.3, 0.4) is 0 Å². The Labute approximate surface area is 78.2 Å². The first kappa shape index (κ1) is 12.4. The molecule has 0 aromatic carbocycles. The lowest BCUT2D eigenvalue weighted by molar-refractivity contribution is -0.136. The molecule has 6 heteroatoms. The van der Waals surface area contributed by atoms with Gasteiger partial charge in [-0.15, -0.1) is 0 Å². The second kappa shape index (κ2) is 5.18. The molecule has 5 nitrogen and oxygen atoms in total. The molecule has 0 radical (unpaired) electrons. The summed E-state index contributed by atoms with van der Waals surface area (Å²) in [6.07, 6.45) is -0.183. The summed E-state index contributed by atoms with van der Waals surface area (Å²) in [6.45, 7) is 3.54. The van der Waals surface area contributed by atoms with E-state index in [0.29, 0.717) is 0 Å². The SMILES string of the molecule is CC(C)CS(=O)(=O)NCCC(=O)O. The smallest absolute Gasteiger partial charge is 0.304 e. The molecule has 13 heavy (non-hydrogen) atoms. The van der Waals surface area contributed by atoms with Gasteiger partial charge in [0.2, 0.25) is 10.0 Å². The van der Waals surface area contributed by atoms with Crippen LogP contribution in [0, 0.1) is 5.92 Å². The molecule has 0 bridgehead atoms. The molecule has 0 aliphatic rings. The lowest BCUT2D eigenvalue weighted by Crippen LogP contribution is -2.30. The van der Waals surface area contributed by atoms with E-state index in [1.165, 1.54) is 0 Å². The first-order valence-corrected chi connectivity index (χ1v) is 5.68. The van der Waals surface area contributed by atoms with E-state index in [0.717, 1.165) is 0 Å². The minimum Gasteiger partial charge on any atom is -0.481 e. The van der Waals surface area contributed by atoms with Crippen LogP contribution in [0.2, 0.25) is 0 Å². The molecule has 0 heterocycles. The number of hydrogen-bond donors (Lipinski definition) is 2. The van der Waals surface area contributed by atoms with Gasteiger partial charge in [-0.05, 0) is 5.92 Å². The molecule has 0 amide bonds. The molecule has 0 aliphatic carbocycles. The maximum Gasteiger partial charge on any atom is 0.304 e. The molecule has 2 N–H and O–H groups in total. The molecule has 0 unspecified atom stereocenters. The Morgan fingerprint density at radius 3 is 2.38 bits per heavy atom. The Kier molecular flexibility index (Phi) is 4.94. The molecule has 78 valence electrons. The van der Waals surface area contributed by atoms with Crippen LogP contribution in [0.25, 0.3) is 0 Å². The third kappa shape index (κ3) is 7.73. The van der Waals surface area contributed by atoms with Crippen molar-refractivity contribution in [3.05, 3.63) is 0 Å². The van der Waals surface area contributed by atoms with Gasteiger partial charge in [0.25, 0.3) is 0 Å². The standard InChI is InChI=1S/C7H15NO4S/c1-6(2)5-13(11,12)8-4-3-7(9)10/h6,8H,3-5H2,1-2H3,(H,9,10). The monoisotopic (exact) mass is 209 g/mol. The van der Waals surface area contributed by atoms with E-state index in [-0.39, 0.29) is 24.6 Å². The van der Waals surface area contributed by atoms with Gasteiger partial charge >= 0.3 is 5.97 Å². The molecule has 0 aromatic rings. The fraction of sp³-hybridized carbons (Fsp3) is 0.857. The number of carbonyl (C=O) groups is 1. The lowest BCUT2D eigenvalue weighted by atomic mass is 10.3. The van der Waals surface area contributed by atoms with Gasteiger partial charge in [0.1, 0.15) is 0 Å². The maximum absolute atomic E-state index is 11.1. The van der Waals surface area contributed by atoms with E-state index in [1.807, 2.05) is 0 Å². The van der Waals surface area contributed by atoms with Crippen LogP contribution in [-0.2, 0) is 14.8 Å². The summed E-state index contributed by atoms with van der Waals surface area (Å²) in [5.41, 5.74) is 0. The van der Waals surface area contributed by atoms with Gasteiger partial charge in [-0.2, -0.15) is 0 Å². The van der Waals surface area contributed by atoms with E-state index in [2.05, 4.69) is 4.72 Å². The lowest BCUT2D eigenvalue weighted by Gasteiger charge is -2.06. The van der Waals surface area contributed by atoms with Crippen LogP contribution >= 0.6 is 0 Å². The molecule has 0 aromatic heterocycles. The van der Waals surface area contributed by atoms with E-state index in [9.17, 15) is 13.2 Å². The van der Waals surface area contributed by atoms with E-state index in [4.69, 9.17) is 5.11 Å². The number of hydrogen-bond acceptors (Lipinski definition) is 3. The van der Waals surface area contributed by atoms with Gasteiger partial charge in [0, 0.05) is 6.54 Å². The van der Waals surface area contributed by atoms with E-state index in [1.54, 1.807) is 13.8 Å². The molecular weight excluding hydrogens is 194 g/mol. The molecular formula is C7H15NO4S. The summed E-state index contributed by atoms with van der Waals surface area (Å²) in [5, 5.41) is 8.26. The summed E-state index contributed by atoms with van der Waals surface area (Å²) < 4.78 is 24.4. The Hall–Kier alpha value is -0.620. The molecule has 0 spiro atoms. The first-order valence-electron chi connectivity index (χ1n) is 4.02. The van der Waals surface area contributed by atoms with Crippen LogP contribution in [0.5, 0.6) is 0 Å². The second-order valence-corrected chi connectivity index (χ2v) is 5.06. The molecule has 0 rings (SSSR count). The highest BCUT2D eigenvalue weighted by Gasteiger charge is 2.12. The maximum atomic E-state index is 11.1. The van der Waals surface area contributed by atoms with Gasteiger partial charge < -0.3 is 5.11 Å². The Bertz CT molecular complexity index is 258. The Balaban J connectivity index is 3.84. The molecule has 0 aliphatic heterocycles. The second-order valence-electron chi connectivity index (χ2n) is 3.21. The summed E-state index contributed by atoms with van der Waals surface area (Å²) in [6, 6.07) is 0. The third-order valence-corrected chi connectivity index (χ3v) is 2.96. The van der Waals surface area contributed by atoms with Gasteiger partial charge in [-0.3, -0.25) is 4.79 Å². The van der Waals surface area contributed by atoms with E-state index < -0.39 is 16.0 Å². The molecule has 0 fully saturated rings. The predicted octanol–water partition coefficient (Wildman–Crippen LogP) is 0.0365. The van der Waals surface area contributed by atoms with Gasteiger partial charge in [0.15, 0.2) is 0 Å². The van der Waals surface area contributed by atoms with E-state index >= 15 is 0 Å². The van der Waals surface area contributed by atoms with Gasteiger partial charge in [-0.25, -0.2) is 13.1 Å². The van der Waals surface area contributed by atoms with Crippen molar-refractivity contribution in [2.24, 2.45) is 5.92 Å². The zero-order valence-electron chi connectivity index (χ0n) is 7.78. The van der Waals surface area contributed by atoms with Crippen molar-refractivity contribution in [1.82, 2.24) is 4.72 Å². The van der Waals surface area contributed by atoms with Crippen molar-refractivity contribution in [2.45, 2.75) is 20.3 Å². The van der Waals surface area contributed by atoms with Crippen LogP contribution in [0.4, 0.5) is 0 Å².